The van der Waals surface area contributed by atoms with Gasteiger partial charge in [0.2, 0.25) is 0 Å². The summed E-state index contributed by atoms with van der Waals surface area (Å²) in [4.78, 5) is 10.6. The number of anilines is 3. The first-order valence-corrected chi connectivity index (χ1v) is 6.25. The molecule has 6 nitrogen and oxygen atoms in total. The van der Waals surface area contributed by atoms with Crippen molar-refractivity contribution in [1.82, 2.24) is 0 Å². The number of hydrogen-bond acceptors (Lipinski definition) is 5. The topological polar surface area (TPSA) is 93.2 Å². The monoisotopic (exact) mass is 312 g/mol. The number of halogens is 2. The number of hydrogen-bond donors (Lipinski definition) is 3. The van der Waals surface area contributed by atoms with E-state index in [0.29, 0.717) is 10.7 Å². The van der Waals surface area contributed by atoms with Gasteiger partial charge in [0.15, 0.2) is 0 Å². The summed E-state index contributed by atoms with van der Waals surface area (Å²) in [5.74, 6) is 5.28. The fourth-order valence-electron chi connectivity index (χ4n) is 1.70. The van der Waals surface area contributed by atoms with E-state index in [9.17, 15) is 10.1 Å². The smallest absolute Gasteiger partial charge is 0.316 e. The third-order valence-electron chi connectivity index (χ3n) is 2.60. The van der Waals surface area contributed by atoms with Crippen LogP contribution in [0.1, 0.15) is 0 Å². The van der Waals surface area contributed by atoms with Crippen LogP contribution in [0.3, 0.4) is 0 Å². The predicted molar refractivity (Wildman–Crippen MR) is 80.7 cm³/mol. The van der Waals surface area contributed by atoms with E-state index in [1.54, 1.807) is 30.3 Å². The van der Waals surface area contributed by atoms with Gasteiger partial charge in [-0.25, -0.2) is 0 Å². The van der Waals surface area contributed by atoms with Gasteiger partial charge in [-0.1, -0.05) is 35.3 Å². The van der Waals surface area contributed by atoms with Gasteiger partial charge in [0.1, 0.15) is 11.4 Å². The molecule has 0 unspecified atom stereocenters. The van der Waals surface area contributed by atoms with Gasteiger partial charge >= 0.3 is 5.69 Å². The maximum absolute atomic E-state index is 11.2. The van der Waals surface area contributed by atoms with E-state index in [0.717, 1.165) is 0 Å². The third-order valence-corrected chi connectivity index (χ3v) is 3.41. The van der Waals surface area contributed by atoms with Crippen LogP contribution in [0.4, 0.5) is 22.7 Å². The Bertz CT molecular complexity index is 664. The number of nitro groups is 1. The highest BCUT2D eigenvalue weighted by Gasteiger charge is 2.20. The minimum atomic E-state index is -0.532. The molecular weight excluding hydrogens is 303 g/mol. The second kappa shape index (κ2) is 5.96. The lowest BCUT2D eigenvalue weighted by Crippen LogP contribution is -2.10. The number of hydrazine groups is 1. The van der Waals surface area contributed by atoms with Gasteiger partial charge in [-0.3, -0.25) is 16.0 Å². The van der Waals surface area contributed by atoms with Crippen molar-refractivity contribution in [3.05, 3.63) is 56.6 Å². The Morgan fingerprint density at radius 3 is 2.30 bits per heavy atom. The molecule has 4 N–H and O–H groups in total. The summed E-state index contributed by atoms with van der Waals surface area (Å²) >= 11 is 11.9. The van der Waals surface area contributed by atoms with Crippen molar-refractivity contribution in [1.29, 1.82) is 0 Å². The van der Waals surface area contributed by atoms with E-state index in [1.165, 1.54) is 6.07 Å². The van der Waals surface area contributed by atoms with Crippen molar-refractivity contribution in [2.24, 2.45) is 5.84 Å². The van der Waals surface area contributed by atoms with Crippen LogP contribution in [0.15, 0.2) is 36.4 Å². The lowest BCUT2D eigenvalue weighted by molar-refractivity contribution is -0.383. The van der Waals surface area contributed by atoms with E-state index in [4.69, 9.17) is 29.0 Å². The molecule has 0 aliphatic carbocycles. The van der Waals surface area contributed by atoms with Crippen LogP contribution in [-0.4, -0.2) is 4.92 Å². The number of rotatable bonds is 4. The number of benzene rings is 2. The van der Waals surface area contributed by atoms with Crippen LogP contribution in [-0.2, 0) is 0 Å². The summed E-state index contributed by atoms with van der Waals surface area (Å²) in [7, 11) is 0. The Morgan fingerprint density at radius 1 is 1.05 bits per heavy atom. The molecule has 0 saturated heterocycles. The minimum Gasteiger partial charge on any atom is -0.349 e. The van der Waals surface area contributed by atoms with Crippen LogP contribution in [0.5, 0.6) is 0 Å². The zero-order valence-corrected chi connectivity index (χ0v) is 11.6. The van der Waals surface area contributed by atoms with Gasteiger partial charge in [0, 0.05) is 0 Å². The van der Waals surface area contributed by atoms with Gasteiger partial charge in [-0.05, 0) is 24.3 Å². The van der Waals surface area contributed by atoms with Crippen molar-refractivity contribution >= 4 is 46.0 Å². The normalized spacial score (nSPS) is 10.2. The fourth-order valence-corrected chi connectivity index (χ4v) is 2.05. The summed E-state index contributed by atoms with van der Waals surface area (Å²) in [5, 5.41) is 14.7. The first kappa shape index (κ1) is 14.4. The molecule has 0 aliphatic heterocycles. The molecule has 0 fully saturated rings. The summed E-state index contributed by atoms with van der Waals surface area (Å²) in [6.07, 6.45) is 0. The number of nitro benzene ring substituents is 1. The van der Waals surface area contributed by atoms with Crippen molar-refractivity contribution in [3.63, 3.8) is 0 Å². The predicted octanol–water partition coefficient (Wildman–Crippen LogP) is 3.93. The largest absolute Gasteiger partial charge is 0.349 e. The molecule has 2 aromatic rings. The lowest BCUT2D eigenvalue weighted by atomic mass is 10.2. The summed E-state index contributed by atoms with van der Waals surface area (Å²) in [6.45, 7) is 0. The molecule has 0 amide bonds. The number of nitrogens with two attached hydrogens (primary N) is 1. The van der Waals surface area contributed by atoms with Gasteiger partial charge in [0.05, 0.1) is 20.7 Å². The molecule has 2 aromatic carbocycles. The highest BCUT2D eigenvalue weighted by molar-refractivity contribution is 6.43. The van der Waals surface area contributed by atoms with Crippen molar-refractivity contribution in [2.45, 2.75) is 0 Å². The van der Waals surface area contributed by atoms with Crippen LogP contribution in [0, 0.1) is 10.1 Å². The van der Waals surface area contributed by atoms with Gasteiger partial charge in [-0.2, -0.15) is 0 Å². The lowest BCUT2D eigenvalue weighted by Gasteiger charge is -2.11. The Labute approximate surface area is 124 Å². The quantitative estimate of drug-likeness (QED) is 0.452. The second-order valence-corrected chi connectivity index (χ2v) is 4.61. The average Bonchev–Trinajstić information content (AvgIpc) is 2.43. The third kappa shape index (κ3) is 2.77. The Balaban J connectivity index is 2.48. The van der Waals surface area contributed by atoms with E-state index in [2.05, 4.69) is 10.7 Å². The van der Waals surface area contributed by atoms with Gasteiger partial charge < -0.3 is 10.7 Å². The van der Waals surface area contributed by atoms with Crippen molar-refractivity contribution < 1.29 is 4.92 Å². The summed E-state index contributed by atoms with van der Waals surface area (Å²) in [5.41, 5.74) is 3.03. The number of para-hydroxylation sites is 1. The van der Waals surface area contributed by atoms with Crippen LogP contribution < -0.4 is 16.6 Å². The minimum absolute atomic E-state index is 0.175. The van der Waals surface area contributed by atoms with E-state index >= 15 is 0 Å². The molecule has 104 valence electrons. The molecule has 0 aromatic heterocycles. The molecule has 0 spiro atoms. The van der Waals surface area contributed by atoms with Crippen LogP contribution >= 0.6 is 23.2 Å². The molecule has 0 atom stereocenters. The Kier molecular flexibility index (Phi) is 4.29. The van der Waals surface area contributed by atoms with Crippen molar-refractivity contribution in [2.75, 3.05) is 10.7 Å². The maximum atomic E-state index is 11.2. The van der Waals surface area contributed by atoms with E-state index in [-0.39, 0.29) is 22.1 Å². The Morgan fingerprint density at radius 2 is 1.65 bits per heavy atom. The zero-order valence-electron chi connectivity index (χ0n) is 10.1. The van der Waals surface area contributed by atoms with E-state index in [1.807, 2.05) is 0 Å². The number of nitrogen functional groups attached to an aromatic ring is 1. The van der Waals surface area contributed by atoms with Gasteiger partial charge in [0.25, 0.3) is 0 Å². The molecule has 0 aliphatic rings. The van der Waals surface area contributed by atoms with Crippen molar-refractivity contribution in [3.8, 4) is 0 Å². The number of nitrogens with zero attached hydrogens (tertiary/aromatic N) is 1. The molecule has 8 heteroatoms. The van der Waals surface area contributed by atoms with Crippen LogP contribution in [0.25, 0.3) is 0 Å². The molecule has 0 saturated carbocycles. The van der Waals surface area contributed by atoms with Gasteiger partial charge in [-0.15, -0.1) is 0 Å². The molecule has 0 radical (unpaired) electrons. The molecule has 0 bridgehead atoms. The first-order valence-electron chi connectivity index (χ1n) is 5.49. The molecule has 0 heterocycles. The molecular formula is C12H10Cl2N4O2. The molecule has 20 heavy (non-hydrogen) atoms. The number of nitrogens with one attached hydrogen (secondary N) is 2. The Hall–Kier alpha value is -2.02. The summed E-state index contributed by atoms with van der Waals surface area (Å²) < 4.78 is 0. The summed E-state index contributed by atoms with van der Waals surface area (Å²) in [6, 6.07) is 9.66. The SMILES string of the molecule is NNc1cccc(Nc2cccc(Cl)c2Cl)c1[N+](=O)[O-]. The van der Waals surface area contributed by atoms with Crippen LogP contribution in [0.2, 0.25) is 10.0 Å². The fraction of sp³-hybridized carbons (Fsp3) is 0. The molecule has 2 rings (SSSR count). The standard InChI is InChI=1S/C12H10Cl2N4O2/c13-7-3-1-4-8(11(7)14)16-9-5-2-6-10(17-15)12(9)18(19)20/h1-6,16-17H,15H2. The van der Waals surface area contributed by atoms with E-state index < -0.39 is 4.92 Å². The first-order chi connectivity index (χ1) is 9.54. The highest BCUT2D eigenvalue weighted by atomic mass is 35.5. The zero-order chi connectivity index (χ0) is 14.7. The maximum Gasteiger partial charge on any atom is 0.316 e. The second-order valence-electron chi connectivity index (χ2n) is 3.83. The average molecular weight is 313 g/mol. The highest BCUT2D eigenvalue weighted by Crippen LogP contribution is 2.37.